The lowest BCUT2D eigenvalue weighted by molar-refractivity contribution is -0.264. The molecule has 0 radical (unpaired) electrons. The highest BCUT2D eigenvalue weighted by Crippen LogP contribution is 2.39. The number of ether oxygens (including phenoxy) is 5. The van der Waals surface area contributed by atoms with E-state index in [0.717, 1.165) is 20.8 Å². The average Bonchev–Trinajstić information content (AvgIpc) is 2.74. The van der Waals surface area contributed by atoms with Gasteiger partial charge in [0.05, 0.1) is 6.61 Å². The topological polar surface area (TPSA) is 212 Å². The summed E-state index contributed by atoms with van der Waals surface area (Å²) in [4.78, 5) is 59.1. The second-order valence-corrected chi connectivity index (χ2v) is 8.35. The van der Waals surface area contributed by atoms with E-state index in [1.807, 2.05) is 0 Å². The average molecular weight is 559 g/mol. The Morgan fingerprint density at radius 3 is 2.03 bits per heavy atom. The van der Waals surface area contributed by atoms with Crippen molar-refractivity contribution in [3.8, 4) is 0 Å². The van der Waals surface area contributed by atoms with E-state index < -0.39 is 90.1 Å². The van der Waals surface area contributed by atoms with E-state index in [1.54, 1.807) is 0 Å². The molecule has 0 aromatic heterocycles. The van der Waals surface area contributed by atoms with Crippen molar-refractivity contribution >= 4 is 45.6 Å². The molecule has 1 aliphatic rings. The van der Waals surface area contributed by atoms with Crippen molar-refractivity contribution in [2.45, 2.75) is 74.9 Å². The Kier molecular flexibility index (Phi) is 11.0. The van der Waals surface area contributed by atoms with Gasteiger partial charge < -0.3 is 44.1 Å². The summed E-state index contributed by atoms with van der Waals surface area (Å²) in [5.41, 5.74) is -1.70. The quantitative estimate of drug-likeness (QED) is 0.0942. The van der Waals surface area contributed by atoms with Crippen LogP contribution in [-0.4, -0.2) is 111 Å². The first-order valence-electron chi connectivity index (χ1n) is 9.85. The van der Waals surface area contributed by atoms with Crippen molar-refractivity contribution in [2.24, 2.45) is 0 Å². The second kappa shape index (κ2) is 12.5. The van der Waals surface area contributed by atoms with Gasteiger partial charge in [-0.1, -0.05) is 15.9 Å². The summed E-state index contributed by atoms with van der Waals surface area (Å²) in [5.74, 6) is -5.75. The summed E-state index contributed by atoms with van der Waals surface area (Å²) in [5, 5.41) is 36.2. The summed E-state index contributed by atoms with van der Waals surface area (Å²) in [6.07, 6.45) is -10.8. The largest absolute Gasteiger partial charge is 0.457 e. The highest BCUT2D eigenvalue weighted by Gasteiger charge is 2.59. The Bertz CT molecular complexity index is 787. The van der Waals surface area contributed by atoms with Gasteiger partial charge in [-0.15, -0.1) is 0 Å². The Hall–Kier alpha value is -2.17. The van der Waals surface area contributed by atoms with Gasteiger partial charge in [0.25, 0.3) is 5.78 Å². The zero-order valence-electron chi connectivity index (χ0n) is 18.7. The number of halogens is 1. The van der Waals surface area contributed by atoms with Gasteiger partial charge in [0.15, 0.2) is 28.9 Å². The zero-order valence-corrected chi connectivity index (χ0v) is 20.3. The first-order valence-corrected chi connectivity index (χ1v) is 10.8. The Balaban J connectivity index is 3.13. The molecule has 0 aliphatic carbocycles. The maximum absolute atomic E-state index is 12.1. The van der Waals surface area contributed by atoms with Gasteiger partial charge in [0.1, 0.15) is 24.9 Å². The lowest BCUT2D eigenvalue weighted by Gasteiger charge is -2.48. The number of hydrogen-bond acceptors (Lipinski definition) is 14. The summed E-state index contributed by atoms with van der Waals surface area (Å²) in [7, 11) is 0. The predicted octanol–water partition coefficient (Wildman–Crippen LogP) is -2.52. The number of ketones is 1. The third-order valence-corrected chi connectivity index (χ3v) is 5.81. The van der Waals surface area contributed by atoms with Crippen LogP contribution in [0.25, 0.3) is 0 Å². The molecule has 14 nitrogen and oxygen atoms in total. The van der Waals surface area contributed by atoms with Crippen LogP contribution in [0.3, 0.4) is 0 Å². The van der Waals surface area contributed by atoms with Crippen LogP contribution >= 0.6 is 15.9 Å². The minimum atomic E-state index is -2.41. The van der Waals surface area contributed by atoms with Gasteiger partial charge in [-0.25, -0.2) is 4.79 Å². The van der Waals surface area contributed by atoms with E-state index in [4.69, 9.17) is 28.8 Å². The number of carbonyl (C=O) groups is 5. The van der Waals surface area contributed by atoms with E-state index >= 15 is 0 Å². The van der Waals surface area contributed by atoms with Crippen LogP contribution in [-0.2, 0) is 47.7 Å². The fraction of sp³-hybridized carbons (Fsp3) is 0.737. The van der Waals surface area contributed by atoms with Gasteiger partial charge in [-0.3, -0.25) is 19.2 Å². The first kappa shape index (κ1) is 29.9. The Morgan fingerprint density at radius 1 is 1.00 bits per heavy atom. The number of hydrogen-bond donors (Lipinski definition) is 4. The van der Waals surface area contributed by atoms with Gasteiger partial charge in [0, 0.05) is 20.8 Å². The molecule has 0 saturated carbocycles. The fourth-order valence-corrected chi connectivity index (χ4v) is 3.71. The van der Waals surface area contributed by atoms with Gasteiger partial charge in [-0.2, -0.15) is 0 Å². The van der Waals surface area contributed by atoms with Crippen LogP contribution in [0, 0.1) is 0 Å². The van der Waals surface area contributed by atoms with Crippen LogP contribution < -0.4 is 0 Å². The number of alkyl halides is 1. The Morgan fingerprint density at radius 2 is 1.56 bits per heavy atom. The third kappa shape index (κ3) is 7.41. The number of aliphatic hydroxyl groups is 4. The second-order valence-electron chi connectivity index (χ2n) is 7.52. The van der Waals surface area contributed by atoms with Gasteiger partial charge in [0.2, 0.25) is 0 Å². The van der Waals surface area contributed by atoms with Crippen molar-refractivity contribution in [2.75, 3.05) is 13.2 Å². The number of carbonyl (C=O) groups excluding carboxylic acids is 5. The standard InChI is InChI=1S/C19H27BrO14/c1-7(22)31-15-11(6-30-17(29)14(28)13(27)12(26)10(25)5-21)33-18(20)19(4,34-9(3)24)16(15)32-8(2)23/h10-13,15-16,18,21,25-27H,5-6H2,1-4H3/t10-,11-,12+,13-,15-,16+,18+,19-/m1/s1. The van der Waals surface area contributed by atoms with E-state index in [2.05, 4.69) is 15.9 Å². The number of esters is 4. The van der Waals surface area contributed by atoms with Crippen LogP contribution in [0.1, 0.15) is 27.7 Å². The first-order chi connectivity index (χ1) is 15.6. The molecule has 1 aliphatic heterocycles. The molecule has 34 heavy (non-hydrogen) atoms. The molecule has 0 spiro atoms. The van der Waals surface area contributed by atoms with E-state index in [-0.39, 0.29) is 0 Å². The fourth-order valence-electron chi connectivity index (χ4n) is 3.08. The SMILES string of the molecule is CC(=O)O[C@@H]1[C@@H](COC(=O)C(=O)[C@H](O)[C@@H](O)[C@H](O)CO)O[C@H](Br)[C@](C)(OC(C)=O)[C@H]1OC(C)=O. The molecule has 0 aromatic rings. The molecule has 1 saturated heterocycles. The predicted molar refractivity (Wildman–Crippen MR) is 110 cm³/mol. The maximum atomic E-state index is 12.1. The lowest BCUT2D eigenvalue weighted by Crippen LogP contribution is -2.67. The summed E-state index contributed by atoms with van der Waals surface area (Å²) < 4.78 is 26.1. The molecule has 4 N–H and O–H groups in total. The van der Waals surface area contributed by atoms with Gasteiger partial charge >= 0.3 is 23.9 Å². The molecule has 0 amide bonds. The molecule has 15 heteroatoms. The van der Waals surface area contributed by atoms with E-state index in [0.29, 0.717) is 0 Å². The molecule has 0 unspecified atom stereocenters. The van der Waals surface area contributed by atoms with Crippen molar-refractivity contribution in [1.82, 2.24) is 0 Å². The lowest BCUT2D eigenvalue weighted by atomic mass is 9.88. The molecule has 0 aromatic carbocycles. The molecule has 1 fully saturated rings. The molecule has 0 bridgehead atoms. The molecule has 1 rings (SSSR count). The van der Waals surface area contributed by atoms with Gasteiger partial charge in [-0.05, 0) is 6.92 Å². The van der Waals surface area contributed by atoms with Crippen LogP contribution in [0.4, 0.5) is 0 Å². The minimum Gasteiger partial charge on any atom is -0.457 e. The van der Waals surface area contributed by atoms with E-state index in [9.17, 15) is 39.3 Å². The van der Waals surface area contributed by atoms with Crippen LogP contribution in [0.5, 0.6) is 0 Å². The minimum absolute atomic E-state index is 0.774. The number of rotatable bonds is 10. The van der Waals surface area contributed by atoms with Crippen molar-refractivity contribution in [1.29, 1.82) is 0 Å². The summed E-state index contributed by atoms with van der Waals surface area (Å²) in [6.45, 7) is 2.75. The molecular formula is C19H27BrO14. The van der Waals surface area contributed by atoms with E-state index in [1.165, 1.54) is 6.92 Å². The smallest absolute Gasteiger partial charge is 0.377 e. The molecular weight excluding hydrogens is 532 g/mol. The van der Waals surface area contributed by atoms with Crippen molar-refractivity contribution in [3.63, 3.8) is 0 Å². The molecule has 1 heterocycles. The monoisotopic (exact) mass is 558 g/mol. The summed E-state index contributed by atoms with van der Waals surface area (Å²) >= 11 is 3.14. The van der Waals surface area contributed by atoms with Crippen LogP contribution in [0.15, 0.2) is 0 Å². The Labute approximate surface area is 202 Å². The van der Waals surface area contributed by atoms with Crippen molar-refractivity contribution < 1.29 is 68.1 Å². The molecule has 8 atom stereocenters. The highest BCUT2D eigenvalue weighted by molar-refractivity contribution is 9.09. The highest BCUT2D eigenvalue weighted by atomic mass is 79.9. The molecule has 194 valence electrons. The number of aliphatic hydroxyl groups excluding tert-OH is 4. The maximum Gasteiger partial charge on any atom is 0.377 e. The number of Topliss-reactive ketones (excluding diaryl/α,β-unsaturated/α-hetero) is 1. The van der Waals surface area contributed by atoms with Crippen LogP contribution in [0.2, 0.25) is 0 Å². The normalized spacial score (nSPS) is 29.2. The third-order valence-electron chi connectivity index (χ3n) is 4.69. The zero-order chi connectivity index (χ0) is 26.4. The summed E-state index contributed by atoms with van der Waals surface area (Å²) in [6, 6.07) is 0. The van der Waals surface area contributed by atoms with Crippen molar-refractivity contribution in [3.05, 3.63) is 0 Å².